The van der Waals surface area contributed by atoms with Gasteiger partial charge in [-0.05, 0) is 36.8 Å². The van der Waals surface area contributed by atoms with Crippen LogP contribution >= 0.6 is 11.6 Å². The maximum Gasteiger partial charge on any atom is 0.255 e. The highest BCUT2D eigenvalue weighted by Gasteiger charge is 2.10. The lowest BCUT2D eigenvalue weighted by Crippen LogP contribution is -2.13. The minimum Gasteiger partial charge on any atom is -0.325 e. The van der Waals surface area contributed by atoms with E-state index in [1.807, 2.05) is 25.1 Å². The van der Waals surface area contributed by atoms with E-state index >= 15 is 0 Å². The molecule has 5 heteroatoms. The summed E-state index contributed by atoms with van der Waals surface area (Å²) < 4.78 is 0. The average molecular weight is 303 g/mol. The van der Waals surface area contributed by atoms with Crippen molar-refractivity contribution in [1.29, 1.82) is 0 Å². The standard InChI is InChI=1S/C16H15ClN2O2/c1-10-5-3-4-6-13(10)16(21)19-12-7-8-15(14(17)9-12)18-11(2)20/h3-9H,1-2H3,(H,18,20)(H,19,21). The summed E-state index contributed by atoms with van der Waals surface area (Å²) in [6, 6.07) is 12.3. The fourth-order valence-corrected chi connectivity index (χ4v) is 2.14. The van der Waals surface area contributed by atoms with Crippen LogP contribution in [0.5, 0.6) is 0 Å². The summed E-state index contributed by atoms with van der Waals surface area (Å²) in [6.07, 6.45) is 0. The zero-order valence-electron chi connectivity index (χ0n) is 11.7. The quantitative estimate of drug-likeness (QED) is 0.904. The highest BCUT2D eigenvalue weighted by molar-refractivity contribution is 6.34. The van der Waals surface area contributed by atoms with Crippen LogP contribution < -0.4 is 10.6 Å². The summed E-state index contributed by atoms with van der Waals surface area (Å²) >= 11 is 6.07. The topological polar surface area (TPSA) is 58.2 Å². The second-order valence-corrected chi connectivity index (χ2v) is 5.05. The minimum absolute atomic E-state index is 0.198. The number of hydrogen-bond donors (Lipinski definition) is 2. The molecule has 0 aromatic heterocycles. The molecule has 0 saturated heterocycles. The molecule has 0 heterocycles. The first-order valence-electron chi connectivity index (χ1n) is 6.41. The van der Waals surface area contributed by atoms with Crippen molar-refractivity contribution in [3.63, 3.8) is 0 Å². The third kappa shape index (κ3) is 3.83. The van der Waals surface area contributed by atoms with Crippen molar-refractivity contribution in [1.82, 2.24) is 0 Å². The Balaban J connectivity index is 2.17. The maximum atomic E-state index is 12.2. The van der Waals surface area contributed by atoms with Crippen molar-refractivity contribution in [2.45, 2.75) is 13.8 Å². The largest absolute Gasteiger partial charge is 0.325 e. The molecule has 0 aliphatic carbocycles. The van der Waals surface area contributed by atoms with Gasteiger partial charge < -0.3 is 10.6 Å². The molecule has 2 aromatic rings. The lowest BCUT2D eigenvalue weighted by Gasteiger charge is -2.10. The van der Waals surface area contributed by atoms with Crippen molar-refractivity contribution < 1.29 is 9.59 Å². The molecule has 0 aliphatic heterocycles. The maximum absolute atomic E-state index is 12.2. The van der Waals surface area contributed by atoms with Crippen LogP contribution in [0.15, 0.2) is 42.5 Å². The van der Waals surface area contributed by atoms with Crippen LogP contribution in [0.4, 0.5) is 11.4 Å². The van der Waals surface area contributed by atoms with Crippen LogP contribution in [0, 0.1) is 6.92 Å². The second-order valence-electron chi connectivity index (χ2n) is 4.64. The van der Waals surface area contributed by atoms with Crippen LogP contribution in [-0.4, -0.2) is 11.8 Å². The third-order valence-corrected chi connectivity index (χ3v) is 3.24. The van der Waals surface area contributed by atoms with Gasteiger partial charge in [0, 0.05) is 18.2 Å². The van der Waals surface area contributed by atoms with Gasteiger partial charge >= 0.3 is 0 Å². The van der Waals surface area contributed by atoms with E-state index in [2.05, 4.69) is 10.6 Å². The van der Waals surface area contributed by atoms with Crippen LogP contribution in [-0.2, 0) is 4.79 Å². The lowest BCUT2D eigenvalue weighted by molar-refractivity contribution is -0.114. The molecule has 2 N–H and O–H groups in total. The number of nitrogens with one attached hydrogen (secondary N) is 2. The average Bonchev–Trinajstić information content (AvgIpc) is 2.42. The Morgan fingerprint density at radius 3 is 2.38 bits per heavy atom. The van der Waals surface area contributed by atoms with E-state index in [1.165, 1.54) is 6.92 Å². The summed E-state index contributed by atoms with van der Waals surface area (Å²) in [5, 5.41) is 5.76. The van der Waals surface area contributed by atoms with Gasteiger partial charge in [-0.25, -0.2) is 0 Å². The van der Waals surface area contributed by atoms with E-state index in [9.17, 15) is 9.59 Å². The highest BCUT2D eigenvalue weighted by Crippen LogP contribution is 2.26. The van der Waals surface area contributed by atoms with Gasteiger partial charge in [-0.1, -0.05) is 29.8 Å². The summed E-state index contributed by atoms with van der Waals surface area (Å²) in [5.74, 6) is -0.398. The molecule has 21 heavy (non-hydrogen) atoms. The molecule has 0 unspecified atom stereocenters. The van der Waals surface area contributed by atoms with E-state index in [4.69, 9.17) is 11.6 Å². The van der Waals surface area contributed by atoms with Crippen molar-refractivity contribution in [3.05, 3.63) is 58.6 Å². The summed E-state index contributed by atoms with van der Waals surface area (Å²) in [6.45, 7) is 3.28. The lowest BCUT2D eigenvalue weighted by atomic mass is 10.1. The zero-order valence-corrected chi connectivity index (χ0v) is 12.5. The Kier molecular flexibility index (Phi) is 4.60. The number of halogens is 1. The molecule has 0 aliphatic rings. The first-order valence-corrected chi connectivity index (χ1v) is 6.79. The monoisotopic (exact) mass is 302 g/mol. The number of benzene rings is 2. The molecule has 108 valence electrons. The van der Waals surface area contributed by atoms with Crippen molar-refractivity contribution in [3.8, 4) is 0 Å². The number of amides is 2. The Bertz CT molecular complexity index is 698. The van der Waals surface area contributed by atoms with Gasteiger partial charge in [-0.15, -0.1) is 0 Å². The fraction of sp³-hybridized carbons (Fsp3) is 0.125. The van der Waals surface area contributed by atoms with E-state index in [1.54, 1.807) is 24.3 Å². The minimum atomic E-state index is -0.200. The molecule has 2 aromatic carbocycles. The molecule has 0 atom stereocenters. The normalized spacial score (nSPS) is 10.0. The Morgan fingerprint density at radius 1 is 1.05 bits per heavy atom. The summed E-state index contributed by atoms with van der Waals surface area (Å²) in [7, 11) is 0. The molecule has 0 saturated carbocycles. The zero-order chi connectivity index (χ0) is 15.4. The van der Waals surface area contributed by atoms with Crippen molar-refractivity contribution in [2.24, 2.45) is 0 Å². The molecule has 0 radical (unpaired) electrons. The smallest absolute Gasteiger partial charge is 0.255 e. The predicted molar refractivity (Wildman–Crippen MR) is 84.9 cm³/mol. The van der Waals surface area contributed by atoms with Gasteiger partial charge in [-0.3, -0.25) is 9.59 Å². The van der Waals surface area contributed by atoms with Gasteiger partial charge in [0.15, 0.2) is 0 Å². The number of hydrogen-bond acceptors (Lipinski definition) is 2. The van der Waals surface area contributed by atoms with Gasteiger partial charge in [0.05, 0.1) is 10.7 Å². The summed E-state index contributed by atoms with van der Waals surface area (Å²) in [4.78, 5) is 23.2. The first-order chi connectivity index (χ1) is 9.97. The number of carbonyl (C=O) groups excluding carboxylic acids is 2. The van der Waals surface area contributed by atoms with Crippen molar-refractivity contribution >= 4 is 34.8 Å². The number of rotatable bonds is 3. The van der Waals surface area contributed by atoms with Crippen molar-refractivity contribution in [2.75, 3.05) is 10.6 Å². The van der Waals surface area contributed by atoms with Crippen LogP contribution in [0.25, 0.3) is 0 Å². The summed E-state index contributed by atoms with van der Waals surface area (Å²) in [5.41, 5.74) is 2.59. The number of anilines is 2. The molecular weight excluding hydrogens is 288 g/mol. The SMILES string of the molecule is CC(=O)Nc1ccc(NC(=O)c2ccccc2C)cc1Cl. The first kappa shape index (κ1) is 15.1. The Hall–Kier alpha value is -2.33. The molecule has 0 fully saturated rings. The molecule has 0 bridgehead atoms. The van der Waals surface area contributed by atoms with Gasteiger partial charge in [-0.2, -0.15) is 0 Å². The van der Waals surface area contributed by atoms with Gasteiger partial charge in [0.25, 0.3) is 5.91 Å². The van der Waals surface area contributed by atoms with Crippen LogP contribution in [0.1, 0.15) is 22.8 Å². The molecule has 4 nitrogen and oxygen atoms in total. The number of aryl methyl sites for hydroxylation is 1. The van der Waals surface area contributed by atoms with Crippen LogP contribution in [0.3, 0.4) is 0 Å². The van der Waals surface area contributed by atoms with E-state index < -0.39 is 0 Å². The van der Waals surface area contributed by atoms with E-state index in [0.29, 0.717) is 22.0 Å². The molecule has 0 spiro atoms. The molecular formula is C16H15ClN2O2. The third-order valence-electron chi connectivity index (χ3n) is 2.93. The number of carbonyl (C=O) groups is 2. The Labute approximate surface area is 128 Å². The highest BCUT2D eigenvalue weighted by atomic mass is 35.5. The Morgan fingerprint density at radius 2 is 1.76 bits per heavy atom. The van der Waals surface area contributed by atoms with Gasteiger partial charge in [0.1, 0.15) is 0 Å². The van der Waals surface area contributed by atoms with Gasteiger partial charge in [0.2, 0.25) is 5.91 Å². The predicted octanol–water partition coefficient (Wildman–Crippen LogP) is 3.86. The molecule has 2 amide bonds. The second kappa shape index (κ2) is 6.41. The van der Waals surface area contributed by atoms with E-state index in [0.717, 1.165) is 5.56 Å². The van der Waals surface area contributed by atoms with E-state index in [-0.39, 0.29) is 11.8 Å². The fourth-order valence-electron chi connectivity index (χ4n) is 1.91. The molecule has 2 rings (SSSR count). The van der Waals surface area contributed by atoms with Crippen LogP contribution in [0.2, 0.25) is 5.02 Å².